The van der Waals surface area contributed by atoms with Crippen LogP contribution in [0.2, 0.25) is 0 Å². The summed E-state index contributed by atoms with van der Waals surface area (Å²) in [5, 5.41) is 15.2. The Kier molecular flexibility index (Phi) is 5.97. The molecular weight excluding hydrogens is 300 g/mol. The number of hydrogen-bond acceptors (Lipinski definition) is 6. The first kappa shape index (κ1) is 16.5. The lowest BCUT2D eigenvalue weighted by atomic mass is 10.0. The number of carbonyl (C=O) groups is 1. The van der Waals surface area contributed by atoms with E-state index in [0.29, 0.717) is 11.4 Å². The highest BCUT2D eigenvalue weighted by Crippen LogP contribution is 2.20. The van der Waals surface area contributed by atoms with Crippen molar-refractivity contribution in [1.29, 1.82) is 0 Å². The van der Waals surface area contributed by atoms with Crippen molar-refractivity contribution in [3.05, 3.63) is 29.7 Å². The van der Waals surface area contributed by atoms with Crippen molar-refractivity contribution in [3.8, 4) is 10.7 Å². The van der Waals surface area contributed by atoms with Gasteiger partial charge in [-0.2, -0.15) is 0 Å². The normalized spacial score (nSPS) is 13.6. The molecule has 0 aliphatic carbocycles. The highest BCUT2D eigenvalue weighted by molar-refractivity contribution is 7.13. The van der Waals surface area contributed by atoms with E-state index in [2.05, 4.69) is 20.3 Å². The Labute approximate surface area is 133 Å². The summed E-state index contributed by atoms with van der Waals surface area (Å²) < 4.78 is 0. The second-order valence-electron chi connectivity index (χ2n) is 5.17. The maximum atomic E-state index is 11.9. The first-order chi connectivity index (χ1) is 10.6. The van der Waals surface area contributed by atoms with E-state index in [1.807, 2.05) is 19.2 Å². The predicted octanol–water partition coefficient (Wildman–Crippen LogP) is 1.67. The molecule has 0 saturated heterocycles. The summed E-state index contributed by atoms with van der Waals surface area (Å²) in [5.74, 6) is 0.0289. The van der Waals surface area contributed by atoms with Gasteiger partial charge < -0.3 is 10.4 Å². The second kappa shape index (κ2) is 7.95. The Morgan fingerprint density at radius 3 is 2.95 bits per heavy atom. The standard InChI is InChI=1S/C15H20N4O2S/c1-3-10(2)13(20)8-18-14(21)6-11-9-22-15(19-11)12-7-16-4-5-17-12/h4-5,7,9-10,13,20H,3,6,8H2,1-2H3,(H,18,21). The van der Waals surface area contributed by atoms with Crippen LogP contribution in [0.3, 0.4) is 0 Å². The molecule has 0 radical (unpaired) electrons. The summed E-state index contributed by atoms with van der Waals surface area (Å²) in [6, 6.07) is 0. The smallest absolute Gasteiger partial charge is 0.226 e. The number of rotatable bonds is 7. The fourth-order valence-electron chi connectivity index (χ4n) is 1.83. The number of aliphatic hydroxyl groups is 1. The molecule has 22 heavy (non-hydrogen) atoms. The second-order valence-corrected chi connectivity index (χ2v) is 6.03. The summed E-state index contributed by atoms with van der Waals surface area (Å²) >= 11 is 1.43. The lowest BCUT2D eigenvalue weighted by Crippen LogP contribution is -2.36. The summed E-state index contributed by atoms with van der Waals surface area (Å²) in [6.45, 7) is 4.25. The monoisotopic (exact) mass is 320 g/mol. The molecule has 1 amide bonds. The van der Waals surface area contributed by atoms with Gasteiger partial charge in [0.2, 0.25) is 5.91 Å². The van der Waals surface area contributed by atoms with Crippen LogP contribution in [-0.2, 0) is 11.2 Å². The third kappa shape index (κ3) is 4.57. The Hall–Kier alpha value is -1.86. The topological polar surface area (TPSA) is 88.0 Å². The molecule has 0 aliphatic rings. The summed E-state index contributed by atoms with van der Waals surface area (Å²) in [6.07, 6.45) is 5.42. The van der Waals surface area contributed by atoms with Crippen LogP contribution in [0.15, 0.2) is 24.0 Å². The van der Waals surface area contributed by atoms with Crippen molar-refractivity contribution >= 4 is 17.2 Å². The van der Waals surface area contributed by atoms with Crippen LogP contribution < -0.4 is 5.32 Å². The van der Waals surface area contributed by atoms with Gasteiger partial charge in [0.05, 0.1) is 24.4 Å². The molecule has 7 heteroatoms. The molecule has 2 aromatic rings. The van der Waals surface area contributed by atoms with Crippen LogP contribution in [0, 0.1) is 5.92 Å². The average Bonchev–Trinajstić information content (AvgIpc) is 3.01. The van der Waals surface area contributed by atoms with E-state index >= 15 is 0 Å². The van der Waals surface area contributed by atoms with Gasteiger partial charge in [0.1, 0.15) is 10.7 Å². The number of nitrogens with one attached hydrogen (secondary N) is 1. The first-order valence-corrected chi connectivity index (χ1v) is 8.13. The van der Waals surface area contributed by atoms with Gasteiger partial charge in [0, 0.05) is 24.3 Å². The van der Waals surface area contributed by atoms with Crippen molar-refractivity contribution in [1.82, 2.24) is 20.3 Å². The maximum Gasteiger partial charge on any atom is 0.226 e. The molecule has 6 nitrogen and oxygen atoms in total. The number of thiazole rings is 1. The lowest BCUT2D eigenvalue weighted by molar-refractivity contribution is -0.121. The molecule has 2 heterocycles. The SMILES string of the molecule is CCC(C)C(O)CNC(=O)Cc1csc(-c2cnccn2)n1. The molecule has 0 aromatic carbocycles. The fraction of sp³-hybridized carbons (Fsp3) is 0.467. The van der Waals surface area contributed by atoms with E-state index < -0.39 is 6.10 Å². The van der Waals surface area contributed by atoms with Crippen molar-refractivity contribution in [2.75, 3.05) is 6.54 Å². The fourth-order valence-corrected chi connectivity index (χ4v) is 2.61. The molecule has 0 fully saturated rings. The number of nitrogens with zero attached hydrogens (tertiary/aromatic N) is 3. The van der Waals surface area contributed by atoms with Gasteiger partial charge >= 0.3 is 0 Å². The zero-order chi connectivity index (χ0) is 15.9. The largest absolute Gasteiger partial charge is 0.391 e. The van der Waals surface area contributed by atoms with Crippen molar-refractivity contribution in [3.63, 3.8) is 0 Å². The molecule has 118 valence electrons. The van der Waals surface area contributed by atoms with Gasteiger partial charge in [-0.05, 0) is 5.92 Å². The number of amides is 1. The summed E-state index contributed by atoms with van der Waals surface area (Å²) in [7, 11) is 0. The molecule has 0 spiro atoms. The van der Waals surface area contributed by atoms with Crippen LogP contribution >= 0.6 is 11.3 Å². The van der Waals surface area contributed by atoms with Gasteiger partial charge in [-0.1, -0.05) is 20.3 Å². The van der Waals surface area contributed by atoms with Gasteiger partial charge in [0.15, 0.2) is 0 Å². The zero-order valence-electron chi connectivity index (χ0n) is 12.7. The van der Waals surface area contributed by atoms with Crippen LogP contribution in [0.1, 0.15) is 26.0 Å². The highest BCUT2D eigenvalue weighted by Gasteiger charge is 2.14. The molecule has 0 saturated carbocycles. The Balaban J connectivity index is 1.86. The molecule has 0 aliphatic heterocycles. The van der Waals surface area contributed by atoms with Crippen molar-refractivity contribution in [2.45, 2.75) is 32.8 Å². The first-order valence-electron chi connectivity index (χ1n) is 7.25. The van der Waals surface area contributed by atoms with E-state index in [-0.39, 0.29) is 24.8 Å². The molecule has 2 rings (SSSR count). The van der Waals surface area contributed by atoms with Crippen molar-refractivity contribution in [2.24, 2.45) is 5.92 Å². The number of carbonyl (C=O) groups excluding carboxylic acids is 1. The molecule has 2 atom stereocenters. The van der Waals surface area contributed by atoms with Crippen LogP contribution in [-0.4, -0.2) is 38.6 Å². The maximum absolute atomic E-state index is 11.9. The van der Waals surface area contributed by atoms with Gasteiger partial charge in [-0.15, -0.1) is 11.3 Å². The molecule has 2 unspecified atom stereocenters. The quantitative estimate of drug-likeness (QED) is 0.810. The predicted molar refractivity (Wildman–Crippen MR) is 85.3 cm³/mol. The van der Waals surface area contributed by atoms with Crippen molar-refractivity contribution < 1.29 is 9.90 Å². The number of aliphatic hydroxyl groups excluding tert-OH is 1. The van der Waals surface area contributed by atoms with E-state index in [4.69, 9.17) is 0 Å². The minimum absolute atomic E-state index is 0.140. The van der Waals surface area contributed by atoms with Gasteiger partial charge in [0.25, 0.3) is 0 Å². The minimum atomic E-state index is -0.514. The molecule has 0 bridgehead atoms. The van der Waals surface area contributed by atoms with E-state index in [1.165, 1.54) is 11.3 Å². The van der Waals surface area contributed by atoms with E-state index in [1.54, 1.807) is 18.6 Å². The third-order valence-corrected chi connectivity index (χ3v) is 4.40. The lowest BCUT2D eigenvalue weighted by Gasteiger charge is -2.17. The van der Waals surface area contributed by atoms with Crippen LogP contribution in [0.4, 0.5) is 0 Å². The summed E-state index contributed by atoms with van der Waals surface area (Å²) in [5.41, 5.74) is 1.40. The third-order valence-electron chi connectivity index (χ3n) is 3.48. The van der Waals surface area contributed by atoms with Crippen LogP contribution in [0.25, 0.3) is 10.7 Å². The Bertz CT molecular complexity index is 603. The highest BCUT2D eigenvalue weighted by atomic mass is 32.1. The number of aromatic nitrogens is 3. The molecule has 2 N–H and O–H groups in total. The van der Waals surface area contributed by atoms with E-state index in [0.717, 1.165) is 11.4 Å². The average molecular weight is 320 g/mol. The Morgan fingerprint density at radius 2 is 2.27 bits per heavy atom. The molecular formula is C15H20N4O2S. The Morgan fingerprint density at radius 1 is 1.45 bits per heavy atom. The number of hydrogen-bond donors (Lipinski definition) is 2. The summed E-state index contributed by atoms with van der Waals surface area (Å²) in [4.78, 5) is 24.5. The van der Waals surface area contributed by atoms with Crippen LogP contribution in [0.5, 0.6) is 0 Å². The minimum Gasteiger partial charge on any atom is -0.391 e. The van der Waals surface area contributed by atoms with Gasteiger partial charge in [-0.25, -0.2) is 4.98 Å². The van der Waals surface area contributed by atoms with Gasteiger partial charge in [-0.3, -0.25) is 14.8 Å². The van der Waals surface area contributed by atoms with E-state index in [9.17, 15) is 9.90 Å². The zero-order valence-corrected chi connectivity index (χ0v) is 13.5. The molecule has 2 aromatic heterocycles.